The smallest absolute Gasteiger partial charge is 0.293 e. The molecule has 0 bridgehead atoms. The average molecular weight is 398 g/mol. The first-order chi connectivity index (χ1) is 14.0. The number of aliphatic imine (C=N–C) groups is 1. The highest BCUT2D eigenvalue weighted by Crippen LogP contribution is 2.82. The SMILES string of the molecule is CCCOC1(OCCC)N=C(N)[C@]2(C#N)[C@@H](c3ccc(OC)c(OC)c3)[C@@]12C#N. The molecule has 8 heteroatoms. The summed E-state index contributed by atoms with van der Waals surface area (Å²) >= 11 is 0. The molecule has 2 N–H and O–H groups in total. The minimum atomic E-state index is -1.62. The third-order valence-electron chi connectivity index (χ3n) is 5.67. The second kappa shape index (κ2) is 7.55. The highest BCUT2D eigenvalue weighted by molar-refractivity contribution is 6.00. The zero-order chi connectivity index (χ0) is 21.3. The molecule has 2 aliphatic rings. The maximum absolute atomic E-state index is 10.3. The number of benzene rings is 1. The summed E-state index contributed by atoms with van der Waals surface area (Å²) in [7, 11) is 3.08. The molecule has 1 aromatic carbocycles. The Bertz CT molecular complexity index is 895. The van der Waals surface area contributed by atoms with Crippen molar-refractivity contribution in [3.05, 3.63) is 23.8 Å². The molecule has 1 aromatic rings. The van der Waals surface area contributed by atoms with Crippen molar-refractivity contribution < 1.29 is 18.9 Å². The van der Waals surface area contributed by atoms with Crippen LogP contribution in [0.1, 0.15) is 38.2 Å². The van der Waals surface area contributed by atoms with Crippen molar-refractivity contribution in [1.82, 2.24) is 0 Å². The summed E-state index contributed by atoms with van der Waals surface area (Å²) < 4.78 is 22.8. The summed E-state index contributed by atoms with van der Waals surface area (Å²) in [6.07, 6.45) is 1.41. The Morgan fingerprint density at radius 1 is 1.03 bits per heavy atom. The van der Waals surface area contributed by atoms with Crippen LogP contribution in [0.15, 0.2) is 23.2 Å². The van der Waals surface area contributed by atoms with Crippen molar-refractivity contribution in [2.24, 2.45) is 21.6 Å². The number of rotatable bonds is 9. The highest BCUT2D eigenvalue weighted by atomic mass is 16.7. The van der Waals surface area contributed by atoms with E-state index in [4.69, 9.17) is 24.7 Å². The molecular formula is C21H26N4O4. The van der Waals surface area contributed by atoms with E-state index >= 15 is 0 Å². The number of hydrogen-bond donors (Lipinski definition) is 1. The van der Waals surface area contributed by atoms with Gasteiger partial charge in [-0.05, 0) is 30.5 Å². The molecule has 0 amide bonds. The van der Waals surface area contributed by atoms with E-state index in [0.29, 0.717) is 43.1 Å². The van der Waals surface area contributed by atoms with Gasteiger partial charge in [0.15, 0.2) is 16.9 Å². The van der Waals surface area contributed by atoms with Crippen LogP contribution in [-0.4, -0.2) is 39.2 Å². The molecule has 8 nitrogen and oxygen atoms in total. The average Bonchev–Trinajstić information content (AvgIpc) is 3.33. The lowest BCUT2D eigenvalue weighted by Gasteiger charge is -2.32. The van der Waals surface area contributed by atoms with Gasteiger partial charge in [0, 0.05) is 5.92 Å². The molecule has 1 heterocycles. The lowest BCUT2D eigenvalue weighted by atomic mass is 9.93. The van der Waals surface area contributed by atoms with Crippen LogP contribution in [0.5, 0.6) is 11.5 Å². The van der Waals surface area contributed by atoms with E-state index in [1.54, 1.807) is 25.3 Å². The first-order valence-electron chi connectivity index (χ1n) is 9.66. The van der Waals surface area contributed by atoms with E-state index < -0.39 is 22.7 Å². The van der Waals surface area contributed by atoms with Crippen molar-refractivity contribution in [3.63, 3.8) is 0 Å². The molecule has 0 unspecified atom stereocenters. The van der Waals surface area contributed by atoms with Gasteiger partial charge in [0.25, 0.3) is 5.91 Å². The Morgan fingerprint density at radius 2 is 1.66 bits per heavy atom. The summed E-state index contributed by atoms with van der Waals surface area (Å²) in [6.45, 7) is 4.55. The number of nitrogens with zero attached hydrogens (tertiary/aromatic N) is 3. The molecule has 0 saturated heterocycles. The molecule has 0 aromatic heterocycles. The molecule has 1 fully saturated rings. The fourth-order valence-corrected chi connectivity index (χ4v) is 4.37. The van der Waals surface area contributed by atoms with E-state index in [-0.39, 0.29) is 5.84 Å². The largest absolute Gasteiger partial charge is 0.493 e. The van der Waals surface area contributed by atoms with E-state index in [1.165, 1.54) is 7.11 Å². The zero-order valence-corrected chi connectivity index (χ0v) is 17.2. The van der Waals surface area contributed by atoms with Crippen molar-refractivity contribution >= 4 is 5.84 Å². The van der Waals surface area contributed by atoms with E-state index in [1.807, 2.05) is 13.8 Å². The van der Waals surface area contributed by atoms with Gasteiger partial charge in [-0.1, -0.05) is 19.9 Å². The Hall–Kier alpha value is -2.81. The number of nitrogens with two attached hydrogens (primary N) is 1. The molecule has 0 radical (unpaired) electrons. The Balaban J connectivity index is 2.17. The van der Waals surface area contributed by atoms with Crippen LogP contribution in [-0.2, 0) is 9.47 Å². The first-order valence-corrected chi connectivity index (χ1v) is 9.66. The first kappa shape index (κ1) is 20.9. The highest BCUT2D eigenvalue weighted by Gasteiger charge is 2.93. The van der Waals surface area contributed by atoms with Crippen molar-refractivity contribution in [2.75, 3.05) is 27.4 Å². The second-order valence-electron chi connectivity index (χ2n) is 7.16. The molecule has 3 atom stereocenters. The fraction of sp³-hybridized carbons (Fsp3) is 0.571. The van der Waals surface area contributed by atoms with Crippen molar-refractivity contribution in [1.29, 1.82) is 10.5 Å². The molecule has 1 aliphatic heterocycles. The predicted molar refractivity (Wildman–Crippen MR) is 105 cm³/mol. The van der Waals surface area contributed by atoms with Gasteiger partial charge in [0.2, 0.25) is 0 Å². The number of nitriles is 2. The number of amidine groups is 1. The Kier molecular flexibility index (Phi) is 5.44. The third kappa shape index (κ3) is 2.53. The van der Waals surface area contributed by atoms with Crippen LogP contribution in [0, 0.1) is 33.5 Å². The van der Waals surface area contributed by atoms with Gasteiger partial charge < -0.3 is 24.7 Å². The molecule has 29 heavy (non-hydrogen) atoms. The van der Waals surface area contributed by atoms with Gasteiger partial charge in [-0.15, -0.1) is 0 Å². The fourth-order valence-electron chi connectivity index (χ4n) is 4.37. The van der Waals surface area contributed by atoms with Crippen LogP contribution in [0.25, 0.3) is 0 Å². The van der Waals surface area contributed by atoms with Gasteiger partial charge >= 0.3 is 0 Å². The molecular weight excluding hydrogens is 372 g/mol. The number of fused-ring (bicyclic) bond motifs is 1. The van der Waals surface area contributed by atoms with Gasteiger partial charge in [-0.2, -0.15) is 10.5 Å². The predicted octanol–water partition coefficient (Wildman–Crippen LogP) is 2.70. The zero-order valence-electron chi connectivity index (χ0n) is 17.2. The van der Waals surface area contributed by atoms with Gasteiger partial charge in [-0.25, -0.2) is 4.99 Å². The molecule has 154 valence electrons. The third-order valence-corrected chi connectivity index (χ3v) is 5.67. The summed E-state index contributed by atoms with van der Waals surface area (Å²) in [4.78, 5) is 4.41. The summed E-state index contributed by atoms with van der Waals surface area (Å²) in [5, 5.41) is 20.5. The minimum Gasteiger partial charge on any atom is -0.493 e. The van der Waals surface area contributed by atoms with E-state index in [0.717, 1.165) is 0 Å². The van der Waals surface area contributed by atoms with Crippen LogP contribution in [0.2, 0.25) is 0 Å². The molecule has 1 saturated carbocycles. The molecule has 3 rings (SSSR count). The number of methoxy groups -OCH3 is 2. The van der Waals surface area contributed by atoms with Crippen LogP contribution in [0.4, 0.5) is 0 Å². The van der Waals surface area contributed by atoms with Crippen molar-refractivity contribution in [2.45, 2.75) is 38.5 Å². The number of hydrogen-bond acceptors (Lipinski definition) is 8. The Morgan fingerprint density at radius 3 is 2.14 bits per heavy atom. The van der Waals surface area contributed by atoms with Crippen LogP contribution in [0.3, 0.4) is 0 Å². The van der Waals surface area contributed by atoms with Gasteiger partial charge in [0.05, 0.1) is 39.6 Å². The maximum Gasteiger partial charge on any atom is 0.293 e. The lowest BCUT2D eigenvalue weighted by Crippen LogP contribution is -2.44. The van der Waals surface area contributed by atoms with E-state index in [9.17, 15) is 10.5 Å². The van der Waals surface area contributed by atoms with Crippen LogP contribution >= 0.6 is 0 Å². The monoisotopic (exact) mass is 398 g/mol. The second-order valence-corrected chi connectivity index (χ2v) is 7.16. The van der Waals surface area contributed by atoms with Gasteiger partial charge in [0.1, 0.15) is 11.3 Å². The van der Waals surface area contributed by atoms with E-state index in [2.05, 4.69) is 17.1 Å². The summed E-state index contributed by atoms with van der Waals surface area (Å²) in [5.41, 5.74) is 4.26. The standard InChI is InChI=1S/C21H26N4O4/c1-5-9-28-21(29-10-6-2)20(13-23)17(19(20,12-22)18(24)25-21)14-7-8-15(26-3)16(11-14)27-4/h7-8,11,17H,5-6,9-10H2,1-4H3,(H2,24,25)/t17-,19+,20-/m1/s1. The molecule has 0 spiro atoms. The lowest BCUT2D eigenvalue weighted by molar-refractivity contribution is -0.259. The quantitative estimate of drug-likeness (QED) is 0.634. The minimum absolute atomic E-state index is 0.0635. The topological polar surface area (TPSA) is 123 Å². The van der Waals surface area contributed by atoms with Crippen LogP contribution < -0.4 is 15.2 Å². The summed E-state index contributed by atoms with van der Waals surface area (Å²) in [6, 6.07) is 9.90. The van der Waals surface area contributed by atoms with Crippen molar-refractivity contribution in [3.8, 4) is 23.6 Å². The van der Waals surface area contributed by atoms with Gasteiger partial charge in [-0.3, -0.25) is 0 Å². The summed E-state index contributed by atoms with van der Waals surface area (Å²) in [5.74, 6) is -1.08. The maximum atomic E-state index is 10.3. The normalized spacial score (nSPS) is 28.6. The number of ether oxygens (including phenoxy) is 4. The molecule has 1 aliphatic carbocycles. The Labute approximate surface area is 170 Å².